The first kappa shape index (κ1) is 12.4. The van der Waals surface area contributed by atoms with Crippen LogP contribution in [0.1, 0.15) is 26.5 Å². The van der Waals surface area contributed by atoms with E-state index in [0.29, 0.717) is 0 Å². The molecular formula is C12H20FNSi. The monoisotopic (exact) mass is 225 g/mol. The molecule has 1 heterocycles. The van der Waals surface area contributed by atoms with Gasteiger partial charge in [0.2, 0.25) is 0 Å². The van der Waals surface area contributed by atoms with Crippen molar-refractivity contribution in [3.05, 3.63) is 23.8 Å². The van der Waals surface area contributed by atoms with Crippen LogP contribution in [0.25, 0.3) is 0 Å². The van der Waals surface area contributed by atoms with Crippen LogP contribution in [0.4, 0.5) is 4.39 Å². The smallest absolute Gasteiger partial charge is 0.140 e. The zero-order chi connectivity index (χ0) is 11.9. The lowest BCUT2D eigenvalue weighted by Crippen LogP contribution is -2.51. The Morgan fingerprint density at radius 2 is 1.80 bits per heavy atom. The van der Waals surface area contributed by atoms with Crippen LogP contribution >= 0.6 is 0 Å². The molecule has 3 heteroatoms. The first-order chi connectivity index (χ1) is 6.66. The van der Waals surface area contributed by atoms with Crippen LogP contribution in [0.2, 0.25) is 18.1 Å². The fourth-order valence-electron chi connectivity index (χ4n) is 1.43. The zero-order valence-electron chi connectivity index (χ0n) is 10.5. The van der Waals surface area contributed by atoms with E-state index in [1.807, 2.05) is 13.0 Å². The quantitative estimate of drug-likeness (QED) is 0.669. The van der Waals surface area contributed by atoms with Crippen LogP contribution in [0.5, 0.6) is 0 Å². The Bertz CT molecular complexity index is 366. The normalized spacial score (nSPS) is 13.0. The summed E-state index contributed by atoms with van der Waals surface area (Å²) in [5, 5.41) is 1.05. The van der Waals surface area contributed by atoms with Crippen molar-refractivity contribution < 1.29 is 4.39 Å². The summed E-state index contributed by atoms with van der Waals surface area (Å²) in [7, 11) is -1.77. The molecule has 0 saturated carbocycles. The largest absolute Gasteiger partial charge is 0.259 e. The van der Waals surface area contributed by atoms with Crippen molar-refractivity contribution >= 4 is 13.3 Å². The van der Waals surface area contributed by atoms with E-state index in [1.54, 1.807) is 0 Å². The highest BCUT2D eigenvalue weighted by Crippen LogP contribution is 2.35. The lowest BCUT2D eigenvalue weighted by molar-refractivity contribution is 0.624. The fraction of sp³-hybridized carbons (Fsp3) is 0.583. The summed E-state index contributed by atoms with van der Waals surface area (Å²) < 4.78 is 13.8. The van der Waals surface area contributed by atoms with Gasteiger partial charge < -0.3 is 0 Å². The minimum absolute atomic E-state index is 0.146. The molecule has 0 aliphatic heterocycles. The average Bonchev–Trinajstić information content (AvgIpc) is 2.07. The van der Waals surface area contributed by atoms with Gasteiger partial charge in [-0.3, -0.25) is 4.98 Å². The minimum Gasteiger partial charge on any atom is -0.259 e. The van der Waals surface area contributed by atoms with Gasteiger partial charge in [0.25, 0.3) is 0 Å². The van der Waals surface area contributed by atoms with Crippen molar-refractivity contribution in [2.75, 3.05) is 0 Å². The zero-order valence-corrected chi connectivity index (χ0v) is 11.5. The highest BCUT2D eigenvalue weighted by molar-refractivity contribution is 6.92. The molecule has 0 saturated heterocycles. The lowest BCUT2D eigenvalue weighted by atomic mass is 10.2. The first-order valence-electron chi connectivity index (χ1n) is 5.29. The second-order valence-corrected chi connectivity index (χ2v) is 11.0. The molecule has 0 aliphatic carbocycles. The minimum atomic E-state index is -1.77. The topological polar surface area (TPSA) is 12.9 Å². The summed E-state index contributed by atoms with van der Waals surface area (Å²) in [6.45, 7) is 12.9. The van der Waals surface area contributed by atoms with Crippen molar-refractivity contribution in [1.82, 2.24) is 4.98 Å². The maximum atomic E-state index is 13.8. The van der Waals surface area contributed by atoms with Gasteiger partial charge in [-0.15, -0.1) is 0 Å². The molecule has 1 aromatic rings. The van der Waals surface area contributed by atoms with E-state index in [0.717, 1.165) is 10.9 Å². The molecule has 15 heavy (non-hydrogen) atoms. The molecule has 0 bridgehead atoms. The maximum Gasteiger partial charge on any atom is 0.140 e. The predicted molar refractivity (Wildman–Crippen MR) is 65.8 cm³/mol. The van der Waals surface area contributed by atoms with E-state index >= 15 is 0 Å². The van der Waals surface area contributed by atoms with Gasteiger partial charge in [0.15, 0.2) is 0 Å². The summed E-state index contributed by atoms with van der Waals surface area (Å²) in [6, 6.07) is 1.91. The highest BCUT2D eigenvalue weighted by atomic mass is 28.3. The predicted octanol–water partition coefficient (Wildman–Crippen LogP) is 3.24. The van der Waals surface area contributed by atoms with Gasteiger partial charge in [0.05, 0.1) is 14.3 Å². The third kappa shape index (κ3) is 2.28. The van der Waals surface area contributed by atoms with Crippen LogP contribution in [-0.2, 0) is 0 Å². The van der Waals surface area contributed by atoms with E-state index in [1.165, 1.54) is 6.20 Å². The molecule has 0 amide bonds. The number of nitrogens with zero attached hydrogens (tertiary/aromatic N) is 1. The van der Waals surface area contributed by atoms with Gasteiger partial charge in [-0.1, -0.05) is 33.9 Å². The van der Waals surface area contributed by atoms with E-state index in [-0.39, 0.29) is 10.9 Å². The molecule has 0 spiro atoms. The number of rotatable bonds is 1. The molecule has 1 aromatic heterocycles. The molecule has 0 radical (unpaired) electrons. The van der Waals surface area contributed by atoms with Crippen LogP contribution in [0.15, 0.2) is 12.3 Å². The van der Waals surface area contributed by atoms with Crippen molar-refractivity contribution in [1.29, 1.82) is 0 Å². The Balaban J connectivity index is 3.32. The second kappa shape index (κ2) is 3.70. The van der Waals surface area contributed by atoms with Crippen LogP contribution in [0.3, 0.4) is 0 Å². The van der Waals surface area contributed by atoms with Gasteiger partial charge in [0.1, 0.15) is 5.82 Å². The van der Waals surface area contributed by atoms with Gasteiger partial charge in [-0.05, 0) is 23.2 Å². The summed E-state index contributed by atoms with van der Waals surface area (Å²) >= 11 is 0. The molecule has 0 fully saturated rings. The van der Waals surface area contributed by atoms with Gasteiger partial charge >= 0.3 is 0 Å². The lowest BCUT2D eigenvalue weighted by Gasteiger charge is -2.37. The van der Waals surface area contributed by atoms with Gasteiger partial charge in [-0.25, -0.2) is 4.39 Å². The van der Waals surface area contributed by atoms with Crippen molar-refractivity contribution in [3.8, 4) is 0 Å². The summed E-state index contributed by atoms with van der Waals surface area (Å²) in [5.41, 5.74) is 0.899. The molecule has 0 atom stereocenters. The summed E-state index contributed by atoms with van der Waals surface area (Å²) in [4.78, 5) is 3.98. The Kier molecular flexibility index (Phi) is 3.05. The van der Waals surface area contributed by atoms with Crippen LogP contribution in [0, 0.1) is 12.7 Å². The Morgan fingerprint density at radius 3 is 2.27 bits per heavy atom. The van der Waals surface area contributed by atoms with Crippen molar-refractivity contribution in [3.63, 3.8) is 0 Å². The van der Waals surface area contributed by atoms with Gasteiger partial charge in [0, 0.05) is 5.69 Å². The van der Waals surface area contributed by atoms with Crippen molar-refractivity contribution in [2.45, 2.75) is 45.8 Å². The third-order valence-electron chi connectivity index (χ3n) is 3.54. The van der Waals surface area contributed by atoms with E-state index in [4.69, 9.17) is 0 Å². The van der Waals surface area contributed by atoms with Crippen LogP contribution in [-0.4, -0.2) is 13.1 Å². The number of aryl methyl sites for hydroxylation is 1. The molecule has 0 aromatic carbocycles. The Morgan fingerprint density at radius 1 is 1.27 bits per heavy atom. The standard InChI is InChI=1S/C12H20FNSi/c1-9-7-11(10(13)8-14-9)15(5,6)12(2,3)4/h7-8H,1-6H3. The molecule has 1 rings (SSSR count). The summed E-state index contributed by atoms with van der Waals surface area (Å²) in [6.07, 6.45) is 1.35. The molecule has 0 aliphatic rings. The second-order valence-electron chi connectivity index (χ2n) is 5.68. The average molecular weight is 225 g/mol. The maximum absolute atomic E-state index is 13.8. The highest BCUT2D eigenvalue weighted by Gasteiger charge is 2.38. The number of hydrogen-bond acceptors (Lipinski definition) is 1. The number of pyridine rings is 1. The van der Waals surface area contributed by atoms with Crippen molar-refractivity contribution in [2.24, 2.45) is 0 Å². The third-order valence-corrected chi connectivity index (χ3v) is 9.02. The first-order valence-corrected chi connectivity index (χ1v) is 8.29. The molecule has 84 valence electrons. The van der Waals surface area contributed by atoms with E-state index < -0.39 is 8.07 Å². The van der Waals surface area contributed by atoms with E-state index in [2.05, 4.69) is 38.8 Å². The fourth-order valence-corrected chi connectivity index (χ4v) is 3.47. The number of halogens is 1. The van der Waals surface area contributed by atoms with Crippen LogP contribution < -0.4 is 5.19 Å². The Hall–Kier alpha value is -0.703. The number of aromatic nitrogens is 1. The van der Waals surface area contributed by atoms with E-state index in [9.17, 15) is 4.39 Å². The number of hydrogen-bond donors (Lipinski definition) is 0. The molecule has 0 N–H and O–H groups in total. The Labute approximate surface area is 92.8 Å². The SMILES string of the molecule is Cc1cc([Si](C)(C)C(C)(C)C)c(F)cn1. The molecule has 0 unspecified atom stereocenters. The summed E-state index contributed by atoms with van der Waals surface area (Å²) in [5.74, 6) is -0.146. The van der Waals surface area contributed by atoms with Gasteiger partial charge in [-0.2, -0.15) is 0 Å². The molecule has 1 nitrogen and oxygen atoms in total. The molecular weight excluding hydrogens is 205 g/mol.